The zero-order chi connectivity index (χ0) is 10.1. The molecule has 0 bridgehead atoms. The molecule has 2 rings (SSSR count). The molecule has 1 aromatic rings. The van der Waals surface area contributed by atoms with Crippen molar-refractivity contribution in [2.75, 3.05) is 11.9 Å². The van der Waals surface area contributed by atoms with Crippen LogP contribution in [0.3, 0.4) is 0 Å². The van der Waals surface area contributed by atoms with Crippen molar-refractivity contribution < 1.29 is 0 Å². The van der Waals surface area contributed by atoms with Crippen LogP contribution in [0.5, 0.6) is 0 Å². The molecule has 1 aliphatic rings. The first-order valence-electron chi connectivity index (χ1n) is 5.44. The van der Waals surface area contributed by atoms with E-state index in [2.05, 4.69) is 30.3 Å². The van der Waals surface area contributed by atoms with Crippen molar-refractivity contribution in [1.82, 2.24) is 9.78 Å². The maximum absolute atomic E-state index is 4.50. The Hall–Kier alpha value is -0.990. The molecule has 1 aliphatic carbocycles. The van der Waals surface area contributed by atoms with Gasteiger partial charge in [0, 0.05) is 25.6 Å². The second-order valence-corrected chi connectivity index (χ2v) is 4.63. The van der Waals surface area contributed by atoms with Gasteiger partial charge in [-0.15, -0.1) is 0 Å². The molecule has 0 unspecified atom stereocenters. The molecule has 0 radical (unpaired) electrons. The largest absolute Gasteiger partial charge is 0.370 e. The van der Waals surface area contributed by atoms with E-state index < -0.39 is 0 Å². The van der Waals surface area contributed by atoms with E-state index in [9.17, 15) is 0 Å². The number of rotatable bonds is 4. The van der Waals surface area contributed by atoms with E-state index in [1.165, 1.54) is 18.5 Å². The van der Waals surface area contributed by atoms with Crippen LogP contribution < -0.4 is 5.32 Å². The maximum Gasteiger partial charge on any atom is 0.124 e. The summed E-state index contributed by atoms with van der Waals surface area (Å²) in [6.07, 6.45) is 2.64. The second kappa shape index (κ2) is 3.64. The Balaban J connectivity index is 2.01. The first-order chi connectivity index (χ1) is 6.66. The van der Waals surface area contributed by atoms with Crippen molar-refractivity contribution in [2.45, 2.75) is 32.6 Å². The summed E-state index contributed by atoms with van der Waals surface area (Å²) in [5.74, 6) is 2.57. The lowest BCUT2D eigenvalue weighted by molar-refractivity contribution is 0.674. The van der Waals surface area contributed by atoms with Gasteiger partial charge in [-0.3, -0.25) is 4.68 Å². The van der Waals surface area contributed by atoms with Crippen LogP contribution >= 0.6 is 0 Å². The summed E-state index contributed by atoms with van der Waals surface area (Å²) in [5.41, 5.74) is 1.26. The van der Waals surface area contributed by atoms with E-state index in [1.54, 1.807) is 0 Å². The summed E-state index contributed by atoms with van der Waals surface area (Å²) in [6, 6.07) is 2.19. The fourth-order valence-corrected chi connectivity index (χ4v) is 1.54. The van der Waals surface area contributed by atoms with Gasteiger partial charge in [0.2, 0.25) is 0 Å². The van der Waals surface area contributed by atoms with E-state index in [1.807, 2.05) is 11.7 Å². The van der Waals surface area contributed by atoms with Gasteiger partial charge < -0.3 is 5.32 Å². The zero-order valence-electron chi connectivity index (χ0n) is 9.25. The quantitative estimate of drug-likeness (QED) is 0.795. The molecule has 1 heterocycles. The summed E-state index contributed by atoms with van der Waals surface area (Å²) in [6.45, 7) is 5.44. The number of nitrogens with one attached hydrogen (secondary N) is 1. The van der Waals surface area contributed by atoms with Crippen LogP contribution in [0.2, 0.25) is 0 Å². The normalized spacial score (nSPS) is 16.3. The van der Waals surface area contributed by atoms with Gasteiger partial charge in [-0.05, 0) is 18.8 Å². The smallest absolute Gasteiger partial charge is 0.124 e. The minimum Gasteiger partial charge on any atom is -0.370 e. The Labute approximate surface area is 85.5 Å². The van der Waals surface area contributed by atoms with Crippen molar-refractivity contribution in [3.63, 3.8) is 0 Å². The summed E-state index contributed by atoms with van der Waals surface area (Å²) in [5, 5.41) is 7.92. The van der Waals surface area contributed by atoms with Gasteiger partial charge >= 0.3 is 0 Å². The second-order valence-electron chi connectivity index (χ2n) is 4.63. The average Bonchev–Trinajstić information content (AvgIpc) is 2.88. The van der Waals surface area contributed by atoms with E-state index in [0.29, 0.717) is 5.92 Å². The minimum atomic E-state index is 0.675. The number of aromatic nitrogens is 2. The first kappa shape index (κ1) is 9.56. The lowest BCUT2D eigenvalue weighted by Gasteiger charge is -2.07. The number of hydrogen-bond donors (Lipinski definition) is 1. The Morgan fingerprint density at radius 1 is 1.57 bits per heavy atom. The van der Waals surface area contributed by atoms with Crippen molar-refractivity contribution >= 4 is 5.82 Å². The topological polar surface area (TPSA) is 29.9 Å². The van der Waals surface area contributed by atoms with Crippen molar-refractivity contribution in [3.8, 4) is 0 Å². The highest BCUT2D eigenvalue weighted by Gasteiger charge is 2.26. The summed E-state index contributed by atoms with van der Waals surface area (Å²) in [4.78, 5) is 0. The van der Waals surface area contributed by atoms with E-state index in [4.69, 9.17) is 0 Å². The number of hydrogen-bond acceptors (Lipinski definition) is 2. The third-order valence-electron chi connectivity index (χ3n) is 2.59. The fraction of sp³-hybridized carbons (Fsp3) is 0.727. The molecule has 1 saturated carbocycles. The highest BCUT2D eigenvalue weighted by molar-refractivity contribution is 5.38. The number of anilines is 1. The predicted molar refractivity (Wildman–Crippen MR) is 58.5 cm³/mol. The Morgan fingerprint density at radius 2 is 2.29 bits per heavy atom. The molecule has 14 heavy (non-hydrogen) atoms. The molecule has 0 aromatic carbocycles. The highest BCUT2D eigenvalue weighted by Crippen LogP contribution is 2.39. The summed E-state index contributed by atoms with van der Waals surface area (Å²) >= 11 is 0. The third kappa shape index (κ3) is 2.08. The lowest BCUT2D eigenvalue weighted by Crippen LogP contribution is -2.10. The van der Waals surface area contributed by atoms with Crippen LogP contribution in [0.4, 0.5) is 5.82 Å². The first-order valence-corrected chi connectivity index (χ1v) is 5.44. The monoisotopic (exact) mass is 193 g/mol. The molecular formula is C11H19N3. The van der Waals surface area contributed by atoms with Gasteiger partial charge in [0.05, 0.1) is 5.69 Å². The van der Waals surface area contributed by atoms with E-state index in [-0.39, 0.29) is 0 Å². The summed E-state index contributed by atoms with van der Waals surface area (Å²) in [7, 11) is 2.01. The van der Waals surface area contributed by atoms with Crippen LogP contribution in [0.1, 0.15) is 38.3 Å². The number of aryl methyl sites for hydroxylation is 1. The fourth-order valence-electron chi connectivity index (χ4n) is 1.54. The van der Waals surface area contributed by atoms with Crippen LogP contribution in [0.15, 0.2) is 6.07 Å². The van der Waals surface area contributed by atoms with Gasteiger partial charge in [-0.25, -0.2) is 0 Å². The Morgan fingerprint density at radius 3 is 2.86 bits per heavy atom. The van der Waals surface area contributed by atoms with Crippen LogP contribution in [-0.4, -0.2) is 16.3 Å². The number of nitrogens with zero attached hydrogens (tertiary/aromatic N) is 2. The summed E-state index contributed by atoms with van der Waals surface area (Å²) < 4.78 is 1.95. The lowest BCUT2D eigenvalue weighted by atomic mass is 10.2. The van der Waals surface area contributed by atoms with Gasteiger partial charge in [-0.2, -0.15) is 5.10 Å². The predicted octanol–water partition coefficient (Wildman–Crippen LogP) is 2.37. The molecule has 78 valence electrons. The Bertz CT molecular complexity index is 310. The molecule has 1 N–H and O–H groups in total. The molecular weight excluding hydrogens is 174 g/mol. The third-order valence-corrected chi connectivity index (χ3v) is 2.59. The molecule has 0 atom stereocenters. The molecule has 0 aliphatic heterocycles. The SMILES string of the molecule is CC(C)CNc1cc(C2CC2)nn1C. The van der Waals surface area contributed by atoms with Crippen LogP contribution in [0, 0.1) is 5.92 Å². The van der Waals surface area contributed by atoms with Gasteiger partial charge in [0.25, 0.3) is 0 Å². The Kier molecular flexibility index (Phi) is 2.48. The molecule has 3 nitrogen and oxygen atoms in total. The highest BCUT2D eigenvalue weighted by atomic mass is 15.3. The average molecular weight is 193 g/mol. The van der Waals surface area contributed by atoms with Gasteiger partial charge in [0.1, 0.15) is 5.82 Å². The standard InChI is InChI=1S/C11H19N3/c1-8(2)7-12-11-6-10(9-4-5-9)13-14(11)3/h6,8-9,12H,4-5,7H2,1-3H3. The van der Waals surface area contributed by atoms with Crippen LogP contribution in [-0.2, 0) is 7.05 Å². The van der Waals surface area contributed by atoms with Crippen molar-refractivity contribution in [3.05, 3.63) is 11.8 Å². The van der Waals surface area contributed by atoms with Crippen LogP contribution in [0.25, 0.3) is 0 Å². The molecule has 1 fully saturated rings. The van der Waals surface area contributed by atoms with Crippen molar-refractivity contribution in [1.29, 1.82) is 0 Å². The molecule has 0 amide bonds. The molecule has 3 heteroatoms. The van der Waals surface area contributed by atoms with Gasteiger partial charge in [-0.1, -0.05) is 13.8 Å². The van der Waals surface area contributed by atoms with E-state index >= 15 is 0 Å². The zero-order valence-corrected chi connectivity index (χ0v) is 9.25. The molecule has 0 spiro atoms. The van der Waals surface area contributed by atoms with Crippen molar-refractivity contribution in [2.24, 2.45) is 13.0 Å². The molecule has 1 aromatic heterocycles. The minimum absolute atomic E-state index is 0.675. The van der Waals surface area contributed by atoms with Gasteiger partial charge in [0.15, 0.2) is 0 Å². The van der Waals surface area contributed by atoms with E-state index in [0.717, 1.165) is 18.3 Å². The maximum atomic E-state index is 4.50. The molecule has 0 saturated heterocycles.